The number of carboxylic acid groups (broad SMARTS) is 1. The second kappa shape index (κ2) is 9.83. The van der Waals surface area contributed by atoms with Gasteiger partial charge in [-0.05, 0) is 79.1 Å². The molecule has 4 rings (SSSR count). The number of aryl methyl sites for hydroxylation is 2. The lowest BCUT2D eigenvalue weighted by Gasteiger charge is -2.17. The van der Waals surface area contributed by atoms with Crippen LogP contribution in [0.15, 0.2) is 83.6 Å². The number of pyridine rings is 1. The van der Waals surface area contributed by atoms with Crippen LogP contribution in [0.5, 0.6) is 0 Å². The highest BCUT2D eigenvalue weighted by molar-refractivity contribution is 9.10. The molecule has 7 heteroatoms. The molecule has 33 heavy (non-hydrogen) atoms. The van der Waals surface area contributed by atoms with Crippen LogP contribution in [-0.2, 0) is 11.2 Å². The molecule has 0 bridgehead atoms. The molecule has 0 radical (unpaired) electrons. The van der Waals surface area contributed by atoms with Gasteiger partial charge in [-0.1, -0.05) is 28.1 Å². The van der Waals surface area contributed by atoms with E-state index in [1.54, 1.807) is 30.6 Å². The predicted octanol–water partition coefficient (Wildman–Crippen LogP) is 5.88. The summed E-state index contributed by atoms with van der Waals surface area (Å²) in [6, 6.07) is 21.0. The molecule has 2 aromatic heterocycles. The molecule has 0 spiro atoms. The first-order valence-corrected chi connectivity index (χ1v) is 11.2. The molecular weight excluding hydrogens is 482 g/mol. The topological polar surface area (TPSA) is 84.2 Å². The predicted molar refractivity (Wildman–Crippen MR) is 132 cm³/mol. The summed E-state index contributed by atoms with van der Waals surface area (Å²) in [6.07, 6.45) is 3.68. The molecule has 4 aromatic rings. The molecule has 6 nitrogen and oxygen atoms in total. The molecule has 0 atom stereocenters. The highest BCUT2D eigenvalue weighted by Crippen LogP contribution is 2.30. The second-order valence-electron chi connectivity index (χ2n) is 7.64. The Balaban J connectivity index is 1.72. The standard InChI is InChI=1S/C26H22BrN3O3/c1-17-15-19(26(33)29-21-3-2-14-28-16-21)6-11-23(17)30-22(10-13-25(31)32)9-12-24(30)18-4-7-20(27)8-5-18/h2-9,11-12,14-16H,10,13H2,1H3,(H,29,33)(H,31,32). The number of amides is 1. The number of aromatic nitrogens is 2. The van der Waals surface area contributed by atoms with Gasteiger partial charge in [0.1, 0.15) is 0 Å². The van der Waals surface area contributed by atoms with E-state index in [4.69, 9.17) is 0 Å². The average molecular weight is 504 g/mol. The fraction of sp³-hybridized carbons (Fsp3) is 0.115. The van der Waals surface area contributed by atoms with E-state index in [2.05, 4.69) is 30.8 Å². The number of carbonyl (C=O) groups excluding carboxylic acids is 1. The van der Waals surface area contributed by atoms with Crippen LogP contribution in [0.4, 0.5) is 5.69 Å². The summed E-state index contributed by atoms with van der Waals surface area (Å²) < 4.78 is 3.06. The van der Waals surface area contributed by atoms with Crippen LogP contribution in [-0.4, -0.2) is 26.5 Å². The first-order valence-electron chi connectivity index (χ1n) is 10.4. The van der Waals surface area contributed by atoms with Gasteiger partial charge in [-0.3, -0.25) is 14.6 Å². The minimum atomic E-state index is -0.841. The fourth-order valence-electron chi connectivity index (χ4n) is 3.73. The van der Waals surface area contributed by atoms with E-state index in [0.717, 1.165) is 32.7 Å². The first-order chi connectivity index (χ1) is 15.9. The molecule has 0 unspecified atom stereocenters. The van der Waals surface area contributed by atoms with Gasteiger partial charge in [-0.25, -0.2) is 0 Å². The van der Waals surface area contributed by atoms with E-state index >= 15 is 0 Å². The van der Waals surface area contributed by atoms with Crippen molar-refractivity contribution in [1.29, 1.82) is 0 Å². The Morgan fingerprint density at radius 3 is 2.52 bits per heavy atom. The van der Waals surface area contributed by atoms with Gasteiger partial charge in [0.15, 0.2) is 0 Å². The number of halogens is 1. The van der Waals surface area contributed by atoms with Crippen molar-refractivity contribution in [3.63, 3.8) is 0 Å². The van der Waals surface area contributed by atoms with Gasteiger partial charge in [-0.2, -0.15) is 0 Å². The highest BCUT2D eigenvalue weighted by atomic mass is 79.9. The minimum Gasteiger partial charge on any atom is -0.481 e. The van der Waals surface area contributed by atoms with Gasteiger partial charge in [0.05, 0.1) is 24.0 Å². The lowest BCUT2D eigenvalue weighted by molar-refractivity contribution is -0.136. The third kappa shape index (κ3) is 5.21. The largest absolute Gasteiger partial charge is 0.481 e. The van der Waals surface area contributed by atoms with Crippen LogP contribution in [0.3, 0.4) is 0 Å². The molecule has 166 valence electrons. The molecule has 0 aliphatic heterocycles. The lowest BCUT2D eigenvalue weighted by atomic mass is 10.1. The molecule has 0 saturated carbocycles. The molecular formula is C26H22BrN3O3. The van der Waals surface area contributed by atoms with E-state index < -0.39 is 5.97 Å². The number of nitrogens with zero attached hydrogens (tertiary/aromatic N) is 2. The summed E-state index contributed by atoms with van der Waals surface area (Å²) in [6.45, 7) is 1.95. The number of nitrogens with one attached hydrogen (secondary N) is 1. The van der Waals surface area contributed by atoms with E-state index in [1.807, 2.05) is 55.5 Å². The van der Waals surface area contributed by atoms with Gasteiger partial charge in [0.25, 0.3) is 5.91 Å². The van der Waals surface area contributed by atoms with Crippen molar-refractivity contribution >= 4 is 33.5 Å². The minimum absolute atomic E-state index is 0.0362. The Morgan fingerprint density at radius 2 is 1.85 bits per heavy atom. The molecule has 2 N–H and O–H groups in total. The Bertz CT molecular complexity index is 1300. The second-order valence-corrected chi connectivity index (χ2v) is 8.56. The molecule has 2 aromatic carbocycles. The molecule has 0 aliphatic rings. The van der Waals surface area contributed by atoms with Crippen LogP contribution < -0.4 is 5.32 Å². The zero-order valence-electron chi connectivity index (χ0n) is 18.0. The Kier molecular flexibility index (Phi) is 6.70. The van der Waals surface area contributed by atoms with Gasteiger partial charge in [0, 0.05) is 27.6 Å². The summed E-state index contributed by atoms with van der Waals surface area (Å²) >= 11 is 3.47. The monoisotopic (exact) mass is 503 g/mol. The zero-order valence-corrected chi connectivity index (χ0v) is 19.5. The normalized spacial score (nSPS) is 10.7. The highest BCUT2D eigenvalue weighted by Gasteiger charge is 2.16. The number of hydrogen-bond acceptors (Lipinski definition) is 3. The fourth-order valence-corrected chi connectivity index (χ4v) is 3.99. The van der Waals surface area contributed by atoms with Crippen molar-refractivity contribution in [1.82, 2.24) is 9.55 Å². The van der Waals surface area contributed by atoms with Crippen molar-refractivity contribution in [2.75, 3.05) is 5.32 Å². The van der Waals surface area contributed by atoms with E-state index in [9.17, 15) is 14.7 Å². The van der Waals surface area contributed by atoms with E-state index in [-0.39, 0.29) is 12.3 Å². The first kappa shape index (κ1) is 22.5. The summed E-state index contributed by atoms with van der Waals surface area (Å²) in [5, 5.41) is 12.0. The Morgan fingerprint density at radius 1 is 1.06 bits per heavy atom. The van der Waals surface area contributed by atoms with Crippen molar-refractivity contribution in [2.24, 2.45) is 0 Å². The third-order valence-electron chi connectivity index (χ3n) is 5.32. The maximum atomic E-state index is 12.7. The number of anilines is 1. The van der Waals surface area contributed by atoms with Crippen LogP contribution in [0, 0.1) is 6.92 Å². The molecule has 2 heterocycles. The molecule has 0 fully saturated rings. The van der Waals surface area contributed by atoms with Crippen LogP contribution in [0.1, 0.15) is 28.0 Å². The maximum absolute atomic E-state index is 12.7. The van der Waals surface area contributed by atoms with Gasteiger partial charge < -0.3 is 15.0 Å². The molecule has 1 amide bonds. The Hall–Kier alpha value is -3.71. The van der Waals surface area contributed by atoms with Crippen molar-refractivity contribution in [3.05, 3.63) is 100 Å². The third-order valence-corrected chi connectivity index (χ3v) is 5.84. The summed E-state index contributed by atoms with van der Waals surface area (Å²) in [7, 11) is 0. The van der Waals surface area contributed by atoms with Crippen LogP contribution in [0.2, 0.25) is 0 Å². The van der Waals surface area contributed by atoms with Gasteiger partial charge in [-0.15, -0.1) is 0 Å². The smallest absolute Gasteiger partial charge is 0.303 e. The van der Waals surface area contributed by atoms with Crippen LogP contribution >= 0.6 is 15.9 Å². The zero-order chi connectivity index (χ0) is 23.4. The number of hydrogen-bond donors (Lipinski definition) is 2. The van der Waals surface area contributed by atoms with Gasteiger partial charge >= 0.3 is 5.97 Å². The summed E-state index contributed by atoms with van der Waals surface area (Å²) in [5.74, 6) is -1.06. The molecule has 0 saturated heterocycles. The average Bonchev–Trinajstić information content (AvgIpc) is 3.22. The van der Waals surface area contributed by atoms with E-state index in [0.29, 0.717) is 17.7 Å². The maximum Gasteiger partial charge on any atom is 0.303 e. The summed E-state index contributed by atoms with van der Waals surface area (Å²) in [4.78, 5) is 27.9. The number of benzene rings is 2. The van der Waals surface area contributed by atoms with Crippen LogP contribution in [0.25, 0.3) is 16.9 Å². The van der Waals surface area contributed by atoms with Crippen molar-refractivity contribution in [2.45, 2.75) is 19.8 Å². The van der Waals surface area contributed by atoms with E-state index in [1.165, 1.54) is 0 Å². The number of carboxylic acids is 1. The van der Waals surface area contributed by atoms with Crippen molar-refractivity contribution in [3.8, 4) is 16.9 Å². The SMILES string of the molecule is Cc1cc(C(=O)Nc2cccnc2)ccc1-n1c(CCC(=O)O)ccc1-c1ccc(Br)cc1. The summed E-state index contributed by atoms with van der Waals surface area (Å²) in [5.41, 5.74) is 5.82. The van der Waals surface area contributed by atoms with Gasteiger partial charge in [0.2, 0.25) is 0 Å². The molecule has 0 aliphatic carbocycles. The number of aliphatic carboxylic acids is 1. The van der Waals surface area contributed by atoms with Crippen molar-refractivity contribution < 1.29 is 14.7 Å². The quantitative estimate of drug-likeness (QED) is 0.329. The number of carbonyl (C=O) groups is 2. The Labute approximate surface area is 200 Å². The lowest BCUT2D eigenvalue weighted by Crippen LogP contribution is -2.13. The number of rotatable bonds is 7.